The van der Waals surface area contributed by atoms with Gasteiger partial charge in [-0.2, -0.15) is 5.26 Å². The lowest BCUT2D eigenvalue weighted by Crippen LogP contribution is -1.86. The number of hydrogen-bond donors (Lipinski definition) is 0. The number of benzene rings is 2. The van der Waals surface area contributed by atoms with Gasteiger partial charge in [0.15, 0.2) is 0 Å². The Morgan fingerprint density at radius 2 is 1.94 bits per heavy atom. The Balaban J connectivity index is 2.37. The lowest BCUT2D eigenvalue weighted by Gasteiger charge is -2.08. The molecule has 2 rings (SSSR count). The molecule has 0 N–H and O–H groups in total. The van der Waals surface area contributed by atoms with Crippen molar-refractivity contribution >= 4 is 23.4 Å². The summed E-state index contributed by atoms with van der Waals surface area (Å²) in [5.41, 5.74) is 0.568. The minimum absolute atomic E-state index is 0.566. The SMILES string of the molecule is COc1ccccc1Sc1ccc(Cl)cc1C#N. The lowest BCUT2D eigenvalue weighted by molar-refractivity contribution is 0.405. The first kappa shape index (κ1) is 12.8. The maximum Gasteiger partial charge on any atom is 0.132 e. The van der Waals surface area contributed by atoms with Gasteiger partial charge in [-0.25, -0.2) is 0 Å². The number of methoxy groups -OCH3 is 1. The summed E-state index contributed by atoms with van der Waals surface area (Å²) < 4.78 is 5.28. The van der Waals surface area contributed by atoms with E-state index >= 15 is 0 Å². The summed E-state index contributed by atoms with van der Waals surface area (Å²) in [4.78, 5) is 1.84. The molecule has 0 saturated carbocycles. The third kappa shape index (κ3) is 2.79. The van der Waals surface area contributed by atoms with Crippen molar-refractivity contribution in [2.75, 3.05) is 7.11 Å². The predicted molar refractivity (Wildman–Crippen MR) is 73.3 cm³/mol. The zero-order chi connectivity index (χ0) is 13.0. The van der Waals surface area contributed by atoms with Crippen LogP contribution in [0.15, 0.2) is 52.3 Å². The summed E-state index contributed by atoms with van der Waals surface area (Å²) in [6, 6.07) is 15.1. The Labute approximate surface area is 115 Å². The fraction of sp³-hybridized carbons (Fsp3) is 0.0714. The fourth-order valence-electron chi connectivity index (χ4n) is 1.50. The minimum Gasteiger partial charge on any atom is -0.496 e. The first-order valence-corrected chi connectivity index (χ1v) is 6.44. The lowest BCUT2D eigenvalue weighted by atomic mass is 10.2. The molecule has 90 valence electrons. The van der Waals surface area contributed by atoms with Crippen LogP contribution < -0.4 is 4.74 Å². The van der Waals surface area contributed by atoms with E-state index in [4.69, 9.17) is 21.6 Å². The van der Waals surface area contributed by atoms with E-state index in [1.807, 2.05) is 30.3 Å². The van der Waals surface area contributed by atoms with Crippen LogP contribution in [0, 0.1) is 11.3 Å². The van der Waals surface area contributed by atoms with Crippen LogP contribution in [-0.2, 0) is 0 Å². The Morgan fingerprint density at radius 3 is 2.67 bits per heavy atom. The van der Waals surface area contributed by atoms with Gasteiger partial charge in [0.2, 0.25) is 0 Å². The third-order valence-corrected chi connectivity index (χ3v) is 3.72. The second-order valence-electron chi connectivity index (χ2n) is 3.51. The van der Waals surface area contributed by atoms with Crippen molar-refractivity contribution in [2.24, 2.45) is 0 Å². The molecule has 2 aromatic rings. The van der Waals surface area contributed by atoms with Crippen LogP contribution in [-0.4, -0.2) is 7.11 Å². The summed E-state index contributed by atoms with van der Waals surface area (Å²) in [6.45, 7) is 0. The van der Waals surface area contributed by atoms with Crippen LogP contribution in [0.2, 0.25) is 5.02 Å². The Morgan fingerprint density at radius 1 is 1.17 bits per heavy atom. The van der Waals surface area contributed by atoms with E-state index in [0.717, 1.165) is 15.5 Å². The fourth-order valence-corrected chi connectivity index (χ4v) is 2.66. The van der Waals surface area contributed by atoms with Crippen LogP contribution in [0.5, 0.6) is 5.75 Å². The van der Waals surface area contributed by atoms with Gasteiger partial charge >= 0.3 is 0 Å². The number of nitrogens with zero attached hydrogens (tertiary/aromatic N) is 1. The van der Waals surface area contributed by atoms with Crippen LogP contribution in [0.4, 0.5) is 0 Å². The zero-order valence-electron chi connectivity index (χ0n) is 9.68. The average molecular weight is 276 g/mol. The Hall–Kier alpha value is -1.63. The van der Waals surface area contributed by atoms with Crippen molar-refractivity contribution in [1.82, 2.24) is 0 Å². The molecule has 2 aromatic carbocycles. The van der Waals surface area contributed by atoms with E-state index in [-0.39, 0.29) is 0 Å². The second-order valence-corrected chi connectivity index (χ2v) is 5.03. The molecule has 0 radical (unpaired) electrons. The molecule has 0 fully saturated rings. The highest BCUT2D eigenvalue weighted by molar-refractivity contribution is 7.99. The van der Waals surface area contributed by atoms with Crippen molar-refractivity contribution < 1.29 is 4.74 Å². The van der Waals surface area contributed by atoms with Crippen molar-refractivity contribution in [2.45, 2.75) is 9.79 Å². The van der Waals surface area contributed by atoms with E-state index < -0.39 is 0 Å². The van der Waals surface area contributed by atoms with Crippen LogP contribution in [0.3, 0.4) is 0 Å². The van der Waals surface area contributed by atoms with Gasteiger partial charge in [-0.1, -0.05) is 35.5 Å². The molecule has 0 aliphatic carbocycles. The summed E-state index contributed by atoms with van der Waals surface area (Å²) in [6.07, 6.45) is 0. The molecule has 0 heterocycles. The highest BCUT2D eigenvalue weighted by Crippen LogP contribution is 2.36. The average Bonchev–Trinajstić information content (AvgIpc) is 2.41. The maximum absolute atomic E-state index is 9.09. The number of halogens is 1. The largest absolute Gasteiger partial charge is 0.496 e. The summed E-state index contributed by atoms with van der Waals surface area (Å²) in [5, 5.41) is 9.66. The molecule has 0 aromatic heterocycles. The molecular weight excluding hydrogens is 266 g/mol. The highest BCUT2D eigenvalue weighted by atomic mass is 35.5. The molecule has 0 aliphatic rings. The molecule has 2 nitrogen and oxygen atoms in total. The summed E-state index contributed by atoms with van der Waals surface area (Å²) in [7, 11) is 1.63. The number of para-hydroxylation sites is 1. The van der Waals surface area contributed by atoms with Crippen molar-refractivity contribution in [3.8, 4) is 11.8 Å². The van der Waals surface area contributed by atoms with E-state index in [1.54, 1.807) is 19.2 Å². The molecule has 0 aliphatic heterocycles. The smallest absolute Gasteiger partial charge is 0.132 e. The zero-order valence-corrected chi connectivity index (χ0v) is 11.3. The number of rotatable bonds is 3. The van der Waals surface area contributed by atoms with Gasteiger partial charge in [-0.3, -0.25) is 0 Å². The Kier molecular flexibility index (Phi) is 4.14. The van der Waals surface area contributed by atoms with Gasteiger partial charge in [-0.05, 0) is 30.3 Å². The van der Waals surface area contributed by atoms with Crippen LogP contribution in [0.1, 0.15) is 5.56 Å². The molecule has 0 atom stereocenters. The van der Waals surface area contributed by atoms with Gasteiger partial charge in [0.05, 0.1) is 17.6 Å². The van der Waals surface area contributed by atoms with Gasteiger partial charge in [0.1, 0.15) is 11.8 Å². The van der Waals surface area contributed by atoms with Gasteiger partial charge in [-0.15, -0.1) is 0 Å². The minimum atomic E-state index is 0.566. The second kappa shape index (κ2) is 5.81. The quantitative estimate of drug-likeness (QED) is 0.834. The molecule has 0 saturated heterocycles. The highest BCUT2D eigenvalue weighted by Gasteiger charge is 2.08. The molecule has 0 unspecified atom stereocenters. The predicted octanol–water partition coefficient (Wildman–Crippen LogP) is 4.37. The molecule has 0 amide bonds. The van der Waals surface area contributed by atoms with Crippen molar-refractivity contribution in [3.05, 3.63) is 53.1 Å². The first-order valence-electron chi connectivity index (χ1n) is 5.25. The Bertz CT molecular complexity index is 607. The monoisotopic (exact) mass is 275 g/mol. The van der Waals surface area contributed by atoms with Gasteiger partial charge in [0.25, 0.3) is 0 Å². The van der Waals surface area contributed by atoms with E-state index in [9.17, 15) is 0 Å². The van der Waals surface area contributed by atoms with Crippen LogP contribution in [0.25, 0.3) is 0 Å². The number of ether oxygens (including phenoxy) is 1. The molecule has 4 heteroatoms. The molecular formula is C14H10ClNOS. The van der Waals surface area contributed by atoms with Crippen molar-refractivity contribution in [1.29, 1.82) is 5.26 Å². The molecule has 0 bridgehead atoms. The molecule has 18 heavy (non-hydrogen) atoms. The van der Waals surface area contributed by atoms with E-state index in [1.165, 1.54) is 11.8 Å². The van der Waals surface area contributed by atoms with E-state index in [2.05, 4.69) is 6.07 Å². The molecule has 0 spiro atoms. The number of hydrogen-bond acceptors (Lipinski definition) is 3. The van der Waals surface area contributed by atoms with E-state index in [0.29, 0.717) is 10.6 Å². The van der Waals surface area contributed by atoms with Gasteiger partial charge < -0.3 is 4.74 Å². The third-order valence-electron chi connectivity index (χ3n) is 2.35. The summed E-state index contributed by atoms with van der Waals surface area (Å²) >= 11 is 7.36. The topological polar surface area (TPSA) is 33.0 Å². The van der Waals surface area contributed by atoms with Crippen molar-refractivity contribution in [3.63, 3.8) is 0 Å². The number of nitriles is 1. The summed E-state index contributed by atoms with van der Waals surface area (Å²) in [5.74, 6) is 0.793. The first-order chi connectivity index (χ1) is 8.74. The standard InChI is InChI=1S/C14H10ClNOS/c1-17-12-4-2-3-5-14(12)18-13-7-6-11(15)8-10(13)9-16/h2-8H,1H3. The van der Waals surface area contributed by atoms with Gasteiger partial charge in [0, 0.05) is 9.92 Å². The van der Waals surface area contributed by atoms with Crippen LogP contribution >= 0.6 is 23.4 Å². The normalized spacial score (nSPS) is 9.83. The maximum atomic E-state index is 9.09.